The molecule has 1 aromatic carbocycles. The van der Waals surface area contributed by atoms with Crippen LogP contribution in [0, 0.1) is 5.92 Å². The Balaban J connectivity index is 2.42. The minimum Gasteiger partial charge on any atom is -0.506 e. The van der Waals surface area contributed by atoms with Gasteiger partial charge in [0.2, 0.25) is 0 Å². The maximum atomic E-state index is 13.2. The number of phenols is 1. The number of carbonyl (C=O) groups is 1. The van der Waals surface area contributed by atoms with Crippen molar-refractivity contribution in [1.82, 2.24) is 0 Å². The number of phenolic OH excluding ortho intramolecular Hbond substituents is 1. The Kier molecular flexibility index (Phi) is 5.67. The van der Waals surface area contributed by atoms with Crippen molar-refractivity contribution in [2.75, 3.05) is 13.2 Å². The molecule has 8 heteroatoms. The van der Waals surface area contributed by atoms with Gasteiger partial charge in [0.1, 0.15) is 16.2 Å². The third-order valence-electron chi connectivity index (χ3n) is 4.50. The van der Waals surface area contributed by atoms with E-state index in [-0.39, 0.29) is 27.8 Å². The topological polar surface area (TPSA) is 89.9 Å². The Morgan fingerprint density at radius 2 is 1.85 bits per heavy atom. The molecule has 146 valence electrons. The smallest absolute Gasteiger partial charge is 0.310 e. The van der Waals surface area contributed by atoms with Crippen molar-refractivity contribution < 1.29 is 27.8 Å². The van der Waals surface area contributed by atoms with Gasteiger partial charge in [-0.3, -0.25) is 4.79 Å². The Morgan fingerprint density at radius 1 is 1.27 bits per heavy atom. The molecule has 1 aromatic rings. The molecule has 1 saturated heterocycles. The molecule has 0 amide bonds. The third-order valence-corrected chi connectivity index (χ3v) is 7.60. The highest BCUT2D eigenvalue weighted by Gasteiger charge is 2.48. The summed E-state index contributed by atoms with van der Waals surface area (Å²) in [6.07, 6.45) is -0.254. The van der Waals surface area contributed by atoms with Gasteiger partial charge in [0.05, 0.1) is 29.4 Å². The van der Waals surface area contributed by atoms with E-state index >= 15 is 0 Å². The van der Waals surface area contributed by atoms with Crippen LogP contribution >= 0.6 is 11.6 Å². The second-order valence-corrected chi connectivity index (χ2v) is 10.9. The summed E-state index contributed by atoms with van der Waals surface area (Å²) in [5.74, 6) is -1.26. The number of benzene rings is 1. The molecule has 2 rings (SSSR count). The first-order chi connectivity index (χ1) is 11.8. The molecule has 1 aliphatic rings. The molecule has 0 saturated carbocycles. The summed E-state index contributed by atoms with van der Waals surface area (Å²) in [5, 5.41) is 10.5. The summed E-state index contributed by atoms with van der Waals surface area (Å²) >= 11 is 6.11. The van der Waals surface area contributed by atoms with Crippen LogP contribution in [0.3, 0.4) is 0 Å². The second-order valence-electron chi connectivity index (χ2n) is 7.99. The van der Waals surface area contributed by atoms with Crippen molar-refractivity contribution >= 4 is 27.4 Å². The van der Waals surface area contributed by atoms with Gasteiger partial charge in [-0.25, -0.2) is 8.42 Å². The van der Waals surface area contributed by atoms with Crippen LogP contribution < -0.4 is 0 Å². The number of esters is 1. The van der Waals surface area contributed by atoms with Crippen LogP contribution in [0.1, 0.15) is 40.2 Å². The van der Waals surface area contributed by atoms with E-state index in [0.717, 1.165) is 0 Å². The standard InChI is InChI=1S/C18H25ClO6S/c1-17(2,3)25-14(20)8-11-6-7-13(19)16(15(11)21)26(22,23)18(4,5)12-9-24-10-12/h6-7,12,21H,8-10H2,1-5H3. The molecule has 0 radical (unpaired) electrons. The monoisotopic (exact) mass is 404 g/mol. The van der Waals surface area contributed by atoms with Gasteiger partial charge in [0.15, 0.2) is 9.84 Å². The molecule has 0 bridgehead atoms. The molecule has 0 aromatic heterocycles. The molecule has 0 unspecified atom stereocenters. The zero-order chi connectivity index (χ0) is 19.9. The first kappa shape index (κ1) is 21.0. The Bertz CT molecular complexity index is 804. The highest BCUT2D eigenvalue weighted by Crippen LogP contribution is 2.43. The first-order valence-corrected chi connectivity index (χ1v) is 10.2. The third kappa shape index (κ3) is 4.00. The van der Waals surface area contributed by atoms with Gasteiger partial charge in [-0.1, -0.05) is 17.7 Å². The zero-order valence-electron chi connectivity index (χ0n) is 15.6. The van der Waals surface area contributed by atoms with Crippen molar-refractivity contribution in [2.24, 2.45) is 5.92 Å². The number of hydrogen-bond acceptors (Lipinski definition) is 6. The van der Waals surface area contributed by atoms with Crippen LogP contribution in [-0.2, 0) is 30.5 Å². The molecule has 6 nitrogen and oxygen atoms in total. The van der Waals surface area contributed by atoms with E-state index in [1.54, 1.807) is 34.6 Å². The van der Waals surface area contributed by atoms with Crippen molar-refractivity contribution in [2.45, 2.75) is 56.3 Å². The van der Waals surface area contributed by atoms with Crippen LogP contribution in [-0.4, -0.2) is 43.1 Å². The summed E-state index contributed by atoms with van der Waals surface area (Å²) in [5.41, 5.74) is -0.525. The predicted molar refractivity (Wildman–Crippen MR) is 98.2 cm³/mol. The quantitative estimate of drug-likeness (QED) is 0.758. The average Bonchev–Trinajstić information content (AvgIpc) is 2.37. The lowest BCUT2D eigenvalue weighted by atomic mass is 9.93. The lowest BCUT2D eigenvalue weighted by molar-refractivity contribution is -0.153. The van der Waals surface area contributed by atoms with Crippen molar-refractivity contribution in [3.05, 3.63) is 22.7 Å². The van der Waals surface area contributed by atoms with Gasteiger partial charge >= 0.3 is 5.97 Å². The largest absolute Gasteiger partial charge is 0.506 e. The minimum atomic E-state index is -3.97. The molecular formula is C18H25ClO6S. The number of ether oxygens (including phenoxy) is 2. The maximum absolute atomic E-state index is 13.2. The van der Waals surface area contributed by atoms with Crippen LogP contribution in [0.5, 0.6) is 5.75 Å². The Labute approximate surface area is 159 Å². The number of halogens is 1. The summed E-state index contributed by atoms with van der Waals surface area (Å²) < 4.78 is 35.5. The van der Waals surface area contributed by atoms with Gasteiger partial charge in [-0.15, -0.1) is 0 Å². The zero-order valence-corrected chi connectivity index (χ0v) is 17.2. The minimum absolute atomic E-state index is 0.0799. The summed E-state index contributed by atoms with van der Waals surface area (Å²) in [4.78, 5) is 11.7. The lowest BCUT2D eigenvalue weighted by Crippen LogP contribution is -2.49. The number of carbonyl (C=O) groups excluding carboxylic acids is 1. The molecule has 26 heavy (non-hydrogen) atoms. The Morgan fingerprint density at radius 3 is 2.31 bits per heavy atom. The van der Waals surface area contributed by atoms with E-state index in [4.69, 9.17) is 21.1 Å². The van der Waals surface area contributed by atoms with Crippen molar-refractivity contribution in [3.8, 4) is 5.75 Å². The molecule has 0 atom stereocenters. The van der Waals surface area contributed by atoms with Crippen LogP contribution in [0.15, 0.2) is 17.0 Å². The second kappa shape index (κ2) is 7.02. The summed E-state index contributed by atoms with van der Waals surface area (Å²) in [7, 11) is -3.97. The molecule has 0 spiro atoms. The molecule has 1 heterocycles. The number of hydrogen-bond donors (Lipinski definition) is 1. The lowest BCUT2D eigenvalue weighted by Gasteiger charge is -2.39. The number of aromatic hydroxyl groups is 1. The van der Waals surface area contributed by atoms with E-state index in [1.165, 1.54) is 12.1 Å². The van der Waals surface area contributed by atoms with Crippen molar-refractivity contribution in [3.63, 3.8) is 0 Å². The summed E-state index contributed by atoms with van der Waals surface area (Å²) in [6, 6.07) is 2.81. The predicted octanol–water partition coefficient (Wildman–Crippen LogP) is 3.13. The highest BCUT2D eigenvalue weighted by molar-refractivity contribution is 7.93. The fourth-order valence-corrected chi connectivity index (χ4v) is 4.91. The van der Waals surface area contributed by atoms with E-state index < -0.39 is 31.9 Å². The van der Waals surface area contributed by atoms with Gasteiger partial charge in [0, 0.05) is 11.5 Å². The number of rotatable bonds is 5. The van der Waals surface area contributed by atoms with E-state index in [9.17, 15) is 18.3 Å². The molecular weight excluding hydrogens is 380 g/mol. The van der Waals surface area contributed by atoms with E-state index in [2.05, 4.69) is 0 Å². The fourth-order valence-electron chi connectivity index (χ4n) is 2.64. The highest BCUT2D eigenvalue weighted by atomic mass is 35.5. The fraction of sp³-hybridized carbons (Fsp3) is 0.611. The maximum Gasteiger partial charge on any atom is 0.310 e. The molecule has 1 fully saturated rings. The van der Waals surface area contributed by atoms with Crippen LogP contribution in [0.4, 0.5) is 0 Å². The van der Waals surface area contributed by atoms with Gasteiger partial charge < -0.3 is 14.6 Å². The molecule has 0 aliphatic carbocycles. The average molecular weight is 405 g/mol. The molecule has 1 aliphatic heterocycles. The van der Waals surface area contributed by atoms with E-state index in [1.807, 2.05) is 0 Å². The van der Waals surface area contributed by atoms with Crippen LogP contribution in [0.2, 0.25) is 5.02 Å². The van der Waals surface area contributed by atoms with Gasteiger partial charge in [-0.05, 0) is 40.7 Å². The van der Waals surface area contributed by atoms with Crippen LogP contribution in [0.25, 0.3) is 0 Å². The SMILES string of the molecule is CC(C)(C)OC(=O)Cc1ccc(Cl)c(S(=O)(=O)C(C)(C)C2COC2)c1O. The Hall–Kier alpha value is -1.31. The normalized spacial score (nSPS) is 16.2. The summed E-state index contributed by atoms with van der Waals surface area (Å²) in [6.45, 7) is 9.03. The first-order valence-electron chi connectivity index (χ1n) is 8.32. The van der Waals surface area contributed by atoms with Crippen molar-refractivity contribution in [1.29, 1.82) is 0 Å². The van der Waals surface area contributed by atoms with E-state index in [0.29, 0.717) is 13.2 Å². The molecule has 1 N–H and O–H groups in total. The van der Waals surface area contributed by atoms with Gasteiger partial charge in [0.25, 0.3) is 0 Å². The number of sulfone groups is 1. The van der Waals surface area contributed by atoms with Gasteiger partial charge in [-0.2, -0.15) is 0 Å².